The first-order chi connectivity index (χ1) is 18.9. The third-order valence-electron chi connectivity index (χ3n) is 7.26. The van der Waals surface area contributed by atoms with Crippen molar-refractivity contribution in [3.05, 3.63) is 96.3 Å². The average Bonchev–Trinajstić information content (AvgIpc) is 3.38. The Morgan fingerprint density at radius 3 is 2.36 bits per heavy atom. The van der Waals surface area contributed by atoms with Crippen molar-refractivity contribution in [1.82, 2.24) is 10.1 Å². The maximum atomic E-state index is 13.4. The van der Waals surface area contributed by atoms with Crippen molar-refractivity contribution in [3.63, 3.8) is 0 Å². The number of rotatable bonds is 6. The highest BCUT2D eigenvalue weighted by atomic mass is 19.1. The number of hydrogen-bond acceptors (Lipinski definition) is 6. The van der Waals surface area contributed by atoms with Crippen LogP contribution in [0.1, 0.15) is 25.6 Å². The molecule has 3 fully saturated rings. The number of benzene rings is 3. The van der Waals surface area contributed by atoms with E-state index < -0.39 is 0 Å². The molecule has 3 saturated heterocycles. The molecule has 7 rings (SSSR count). The fourth-order valence-electron chi connectivity index (χ4n) is 5.40. The number of carbonyl (C=O) groups excluding carboxylic acids is 1. The van der Waals surface area contributed by atoms with Gasteiger partial charge in [0.2, 0.25) is 5.82 Å². The van der Waals surface area contributed by atoms with Gasteiger partial charge in [-0.3, -0.25) is 4.79 Å². The Hall–Kier alpha value is -4.11. The topological polar surface area (TPSA) is 77.2 Å². The van der Waals surface area contributed by atoms with Crippen LogP contribution in [-0.2, 0) is 16.1 Å². The molecule has 1 atom stereocenters. The molecule has 3 aliphatic rings. The lowest BCUT2D eigenvalue weighted by molar-refractivity contribution is -0.958. The lowest BCUT2D eigenvalue weighted by Crippen LogP contribution is -2.63. The van der Waals surface area contributed by atoms with E-state index in [2.05, 4.69) is 15.5 Å². The Morgan fingerprint density at radius 1 is 0.974 bits per heavy atom. The van der Waals surface area contributed by atoms with E-state index in [9.17, 15) is 13.6 Å². The summed E-state index contributed by atoms with van der Waals surface area (Å²) in [4.78, 5) is 15.8. The van der Waals surface area contributed by atoms with Crippen LogP contribution in [0.4, 0.5) is 20.2 Å². The zero-order valence-electron chi connectivity index (χ0n) is 21.7. The molecule has 1 aromatic heterocycles. The largest absolute Gasteiger partial charge is 0.456 e. The van der Waals surface area contributed by atoms with Gasteiger partial charge in [0.15, 0.2) is 6.10 Å². The van der Waals surface area contributed by atoms with Crippen LogP contribution in [0.3, 0.4) is 0 Å². The van der Waals surface area contributed by atoms with Crippen LogP contribution in [0, 0.1) is 17.6 Å². The Labute approximate surface area is 226 Å². The summed E-state index contributed by atoms with van der Waals surface area (Å²) >= 11 is 0. The molecule has 3 aromatic carbocycles. The van der Waals surface area contributed by atoms with Crippen molar-refractivity contribution in [2.75, 3.05) is 25.0 Å². The lowest BCUT2D eigenvalue weighted by Gasteiger charge is -2.51. The van der Waals surface area contributed by atoms with E-state index >= 15 is 0 Å². The summed E-state index contributed by atoms with van der Waals surface area (Å²) in [6, 6.07) is 22.2. The first-order valence-electron chi connectivity index (χ1n) is 13.1. The van der Waals surface area contributed by atoms with Crippen molar-refractivity contribution in [2.24, 2.45) is 5.92 Å². The molecule has 2 bridgehead atoms. The van der Waals surface area contributed by atoms with Gasteiger partial charge in [0.1, 0.15) is 24.7 Å². The van der Waals surface area contributed by atoms with Gasteiger partial charge in [-0.1, -0.05) is 35.5 Å². The Bertz CT molecular complexity index is 1400. The molecule has 0 unspecified atom stereocenters. The molecule has 0 spiro atoms. The Morgan fingerprint density at radius 2 is 1.67 bits per heavy atom. The maximum Gasteiger partial charge on any atom is 0.303 e. The van der Waals surface area contributed by atoms with Crippen LogP contribution in [0.5, 0.6) is 0 Å². The smallest absolute Gasteiger partial charge is 0.303 e. The summed E-state index contributed by atoms with van der Waals surface area (Å²) in [5.41, 5.74) is 2.29. The van der Waals surface area contributed by atoms with Gasteiger partial charge >= 0.3 is 5.97 Å². The van der Waals surface area contributed by atoms with Gasteiger partial charge in [0.05, 0.1) is 13.1 Å². The molecule has 7 nitrogen and oxygen atoms in total. The van der Waals surface area contributed by atoms with Gasteiger partial charge in [0, 0.05) is 42.6 Å². The highest BCUT2D eigenvalue weighted by Crippen LogP contribution is 2.37. The van der Waals surface area contributed by atoms with Crippen molar-refractivity contribution in [1.29, 1.82) is 0 Å². The number of fused-ring (bicyclic) bond motifs is 3. The molecule has 0 amide bonds. The molecule has 39 heavy (non-hydrogen) atoms. The van der Waals surface area contributed by atoms with Crippen LogP contribution < -0.4 is 5.32 Å². The van der Waals surface area contributed by atoms with Crippen molar-refractivity contribution >= 4 is 17.3 Å². The maximum absolute atomic E-state index is 13.4. The first-order valence-corrected chi connectivity index (χ1v) is 13.1. The summed E-state index contributed by atoms with van der Waals surface area (Å²) in [6.45, 7) is 4.97. The number of nitrogens with one attached hydrogen (secondary N) is 1. The number of anilines is 2. The first kappa shape index (κ1) is 26.5. The third-order valence-corrected chi connectivity index (χ3v) is 7.26. The number of esters is 1. The number of halogens is 2. The second-order valence-corrected chi connectivity index (χ2v) is 10.1. The van der Waals surface area contributed by atoms with Gasteiger partial charge in [-0.15, -0.1) is 0 Å². The Balaban J connectivity index is 0.000000186. The van der Waals surface area contributed by atoms with Crippen molar-refractivity contribution in [3.8, 4) is 11.5 Å². The summed E-state index contributed by atoms with van der Waals surface area (Å²) < 4.78 is 37.8. The molecular weight excluding hydrogens is 502 g/mol. The molecule has 0 radical (unpaired) electrons. The number of hydrogen-bond donors (Lipinski definition) is 1. The predicted molar refractivity (Wildman–Crippen MR) is 143 cm³/mol. The summed E-state index contributed by atoms with van der Waals surface area (Å²) in [5.74, 6) is 0.631. The van der Waals surface area contributed by atoms with E-state index in [0.717, 1.165) is 48.3 Å². The molecule has 0 saturated carbocycles. The molecule has 9 heteroatoms. The molecule has 4 aromatic rings. The fourth-order valence-corrected chi connectivity index (χ4v) is 5.40. The van der Waals surface area contributed by atoms with Gasteiger partial charge in [-0.25, -0.2) is 8.78 Å². The third kappa shape index (κ3) is 6.86. The quantitative estimate of drug-likeness (QED) is 0.238. The number of quaternary nitrogens is 1. The zero-order valence-corrected chi connectivity index (χ0v) is 21.7. The second-order valence-electron chi connectivity index (χ2n) is 10.1. The van der Waals surface area contributed by atoms with Crippen LogP contribution in [0.25, 0.3) is 11.5 Å². The highest BCUT2D eigenvalue weighted by molar-refractivity contribution is 5.66. The second kappa shape index (κ2) is 11.7. The Kier molecular flexibility index (Phi) is 7.97. The zero-order chi connectivity index (χ0) is 27.2. The standard InChI is InChI=1S/C18H21FN3O3.C12H10FN/c1-12(23)24-16-10-22(7-5-13(16)6-8-22)11-17-20-18(25-21-17)14-3-2-4-15(19)9-14;13-10-5-4-8-12(9-10)14-11-6-2-1-3-7-11/h2-4,9,13,16H,5-8,10-11H2,1H3;1-9,14H/q+1;/t13?,16-,22?;/m0./s1. The van der Waals surface area contributed by atoms with Crippen LogP contribution in [-0.4, -0.2) is 46.3 Å². The van der Waals surface area contributed by atoms with Crippen LogP contribution in [0.2, 0.25) is 0 Å². The molecule has 202 valence electrons. The van der Waals surface area contributed by atoms with E-state index in [0.29, 0.717) is 29.7 Å². The highest BCUT2D eigenvalue weighted by Gasteiger charge is 2.48. The van der Waals surface area contributed by atoms with E-state index in [-0.39, 0.29) is 23.7 Å². The number of carbonyl (C=O) groups is 1. The minimum absolute atomic E-state index is 0.0189. The average molecular weight is 534 g/mol. The van der Waals surface area contributed by atoms with E-state index in [4.69, 9.17) is 9.26 Å². The number of para-hydroxylation sites is 1. The minimum Gasteiger partial charge on any atom is -0.456 e. The molecule has 3 aliphatic heterocycles. The predicted octanol–water partition coefficient (Wildman–Crippen LogP) is 6.12. The van der Waals surface area contributed by atoms with Gasteiger partial charge in [0.25, 0.3) is 5.89 Å². The summed E-state index contributed by atoms with van der Waals surface area (Å²) in [6.07, 6.45) is 2.08. The van der Waals surface area contributed by atoms with E-state index in [1.807, 2.05) is 36.4 Å². The molecule has 1 N–H and O–H groups in total. The van der Waals surface area contributed by atoms with Crippen molar-refractivity contribution < 1.29 is 27.3 Å². The van der Waals surface area contributed by atoms with Crippen LogP contribution in [0.15, 0.2) is 83.4 Å². The van der Waals surface area contributed by atoms with Gasteiger partial charge in [-0.2, -0.15) is 4.98 Å². The van der Waals surface area contributed by atoms with Crippen LogP contribution >= 0.6 is 0 Å². The van der Waals surface area contributed by atoms with E-state index in [1.165, 1.54) is 31.2 Å². The summed E-state index contributed by atoms with van der Waals surface area (Å²) in [5, 5.41) is 7.19. The van der Waals surface area contributed by atoms with Gasteiger partial charge in [-0.05, 0) is 48.5 Å². The fraction of sp³-hybridized carbons (Fsp3) is 0.300. The van der Waals surface area contributed by atoms with Crippen molar-refractivity contribution in [2.45, 2.75) is 32.4 Å². The molecule has 4 heterocycles. The molecular formula is C30H31F2N4O3+. The number of piperidine rings is 3. The normalized spacial score (nSPS) is 21.5. The van der Waals surface area contributed by atoms with E-state index in [1.54, 1.807) is 18.2 Å². The number of aromatic nitrogens is 2. The van der Waals surface area contributed by atoms with Gasteiger partial charge < -0.3 is 19.1 Å². The minimum atomic E-state index is -0.332. The summed E-state index contributed by atoms with van der Waals surface area (Å²) in [7, 11) is 0. The SMILES string of the molecule is CC(=O)O[C@H]1C[N+]2(Cc3noc(-c4cccc(F)c4)n3)CCC1CC2.Fc1cccc(Nc2ccccc2)c1. The lowest BCUT2D eigenvalue weighted by atomic mass is 9.83. The number of nitrogens with zero attached hydrogens (tertiary/aromatic N) is 3. The number of ether oxygens (including phenoxy) is 1. The molecule has 0 aliphatic carbocycles. The monoisotopic (exact) mass is 533 g/mol.